The van der Waals surface area contributed by atoms with E-state index in [1.807, 2.05) is 30.3 Å². The highest BCUT2D eigenvalue weighted by molar-refractivity contribution is 5.64. The lowest BCUT2D eigenvalue weighted by Crippen LogP contribution is -2.45. The van der Waals surface area contributed by atoms with Crippen molar-refractivity contribution in [2.45, 2.75) is 19.6 Å². The smallest absolute Gasteiger partial charge is 0.416 e. The molecule has 0 atom stereocenters. The third-order valence-corrected chi connectivity index (χ3v) is 6.43. The lowest BCUT2D eigenvalue weighted by atomic mass is 10.0. The minimum atomic E-state index is -4.45. The standard InChI is InChI=1S/C28H32F3N5O/c1-3-35-12-14-36(15-13-35)18-23-4-8-24(16-26(23)28(29,30)31)34-20(2)19-37-25-9-5-21(6-10-25)22-7-11-27(32)33-17-22/h4-11,16-17,34H,2-3,12-15,18-19H2,1H3,(H2,32,33). The highest BCUT2D eigenvalue weighted by Gasteiger charge is 2.34. The van der Waals surface area contributed by atoms with Gasteiger partial charge in [0.2, 0.25) is 0 Å². The van der Waals surface area contributed by atoms with E-state index in [2.05, 4.69) is 33.6 Å². The molecule has 196 valence electrons. The molecule has 0 aliphatic carbocycles. The second-order valence-corrected chi connectivity index (χ2v) is 9.09. The number of anilines is 2. The molecule has 3 N–H and O–H groups in total. The highest BCUT2D eigenvalue weighted by Crippen LogP contribution is 2.35. The SMILES string of the molecule is C=C(COc1ccc(-c2ccc(N)nc2)cc1)Nc1ccc(CN2CCN(CC)CC2)c(C(F)(F)F)c1. The van der Waals surface area contributed by atoms with Crippen LogP contribution in [-0.2, 0) is 12.7 Å². The monoisotopic (exact) mass is 511 g/mol. The summed E-state index contributed by atoms with van der Waals surface area (Å²) in [5.41, 5.74) is 7.95. The molecule has 0 saturated carbocycles. The van der Waals surface area contributed by atoms with Crippen molar-refractivity contribution in [2.24, 2.45) is 0 Å². The van der Waals surface area contributed by atoms with Gasteiger partial charge in [-0.2, -0.15) is 13.2 Å². The fraction of sp³-hybridized carbons (Fsp3) is 0.321. The minimum Gasteiger partial charge on any atom is -0.487 e. The van der Waals surface area contributed by atoms with E-state index in [-0.39, 0.29) is 18.7 Å². The molecule has 1 aromatic heterocycles. The molecule has 3 aromatic rings. The van der Waals surface area contributed by atoms with Crippen LogP contribution in [0.25, 0.3) is 11.1 Å². The van der Waals surface area contributed by atoms with Crippen LogP contribution in [0.4, 0.5) is 24.7 Å². The Morgan fingerprint density at radius 1 is 1.00 bits per heavy atom. The van der Waals surface area contributed by atoms with Gasteiger partial charge in [-0.25, -0.2) is 4.98 Å². The maximum Gasteiger partial charge on any atom is 0.416 e. The Hall–Kier alpha value is -3.56. The molecule has 1 fully saturated rings. The zero-order valence-corrected chi connectivity index (χ0v) is 20.9. The number of nitrogens with zero attached hydrogens (tertiary/aromatic N) is 3. The summed E-state index contributed by atoms with van der Waals surface area (Å²) in [6, 6.07) is 15.4. The number of piperazine rings is 1. The summed E-state index contributed by atoms with van der Waals surface area (Å²) in [5, 5.41) is 2.95. The van der Waals surface area contributed by atoms with Crippen molar-refractivity contribution < 1.29 is 17.9 Å². The summed E-state index contributed by atoms with van der Waals surface area (Å²) in [5.74, 6) is 1.07. The van der Waals surface area contributed by atoms with Gasteiger partial charge in [0.1, 0.15) is 18.2 Å². The highest BCUT2D eigenvalue weighted by atomic mass is 19.4. The topological polar surface area (TPSA) is 66.7 Å². The summed E-state index contributed by atoms with van der Waals surface area (Å²) in [4.78, 5) is 8.47. The van der Waals surface area contributed by atoms with Gasteiger partial charge in [-0.1, -0.05) is 31.7 Å². The fourth-order valence-electron chi connectivity index (χ4n) is 4.29. The largest absolute Gasteiger partial charge is 0.487 e. The Bertz CT molecular complexity index is 1190. The van der Waals surface area contributed by atoms with E-state index in [1.165, 1.54) is 0 Å². The normalized spacial score (nSPS) is 14.9. The van der Waals surface area contributed by atoms with Crippen molar-refractivity contribution in [3.8, 4) is 16.9 Å². The number of hydrogen-bond donors (Lipinski definition) is 2. The lowest BCUT2D eigenvalue weighted by molar-refractivity contribution is -0.138. The van der Waals surface area contributed by atoms with E-state index in [4.69, 9.17) is 10.5 Å². The molecule has 0 bridgehead atoms. The molecule has 1 saturated heterocycles. The zero-order valence-electron chi connectivity index (χ0n) is 20.9. The van der Waals surface area contributed by atoms with Gasteiger partial charge in [-0.15, -0.1) is 0 Å². The van der Waals surface area contributed by atoms with Crippen LogP contribution >= 0.6 is 0 Å². The Morgan fingerprint density at radius 2 is 1.68 bits per heavy atom. The third-order valence-electron chi connectivity index (χ3n) is 6.43. The van der Waals surface area contributed by atoms with E-state index < -0.39 is 11.7 Å². The first-order valence-corrected chi connectivity index (χ1v) is 12.3. The molecule has 2 aromatic carbocycles. The quantitative estimate of drug-likeness (QED) is 0.396. The summed E-state index contributed by atoms with van der Waals surface area (Å²) in [7, 11) is 0. The number of aromatic nitrogens is 1. The molecular formula is C28H32F3N5O. The van der Waals surface area contributed by atoms with Crippen LogP contribution in [0.15, 0.2) is 73.1 Å². The Morgan fingerprint density at radius 3 is 2.30 bits per heavy atom. The van der Waals surface area contributed by atoms with Crippen LogP contribution in [0.2, 0.25) is 0 Å². The average Bonchev–Trinajstić information content (AvgIpc) is 2.89. The van der Waals surface area contributed by atoms with Gasteiger partial charge in [-0.3, -0.25) is 4.90 Å². The van der Waals surface area contributed by atoms with Gasteiger partial charge < -0.3 is 20.7 Å². The first-order chi connectivity index (χ1) is 17.7. The number of ether oxygens (including phenoxy) is 1. The fourth-order valence-corrected chi connectivity index (χ4v) is 4.29. The third kappa shape index (κ3) is 7.24. The summed E-state index contributed by atoms with van der Waals surface area (Å²) in [6.45, 7) is 10.6. The predicted octanol–water partition coefficient (Wildman–Crippen LogP) is 5.49. The first kappa shape index (κ1) is 26.5. The molecule has 0 unspecified atom stereocenters. The van der Waals surface area contributed by atoms with Gasteiger partial charge in [-0.05, 0) is 54.1 Å². The number of nitrogen functional groups attached to an aromatic ring is 1. The average molecular weight is 512 g/mol. The summed E-state index contributed by atoms with van der Waals surface area (Å²) < 4.78 is 47.4. The maximum atomic E-state index is 13.9. The van der Waals surface area contributed by atoms with Gasteiger partial charge in [0.05, 0.1) is 5.56 Å². The molecule has 4 rings (SSSR count). The van der Waals surface area contributed by atoms with Crippen molar-refractivity contribution in [1.29, 1.82) is 0 Å². The Kier molecular flexibility index (Phi) is 8.35. The van der Waals surface area contributed by atoms with Gasteiger partial charge >= 0.3 is 6.18 Å². The molecule has 9 heteroatoms. The Labute approximate surface area is 215 Å². The van der Waals surface area contributed by atoms with Crippen molar-refractivity contribution in [2.75, 3.05) is 50.4 Å². The van der Waals surface area contributed by atoms with E-state index in [1.54, 1.807) is 24.4 Å². The van der Waals surface area contributed by atoms with Crippen LogP contribution in [-0.4, -0.2) is 54.1 Å². The second-order valence-electron chi connectivity index (χ2n) is 9.09. The molecule has 6 nitrogen and oxygen atoms in total. The molecule has 2 heterocycles. The lowest BCUT2D eigenvalue weighted by Gasteiger charge is -2.34. The van der Waals surface area contributed by atoms with Crippen LogP contribution in [0.5, 0.6) is 5.75 Å². The van der Waals surface area contributed by atoms with Crippen molar-refractivity contribution in [1.82, 2.24) is 14.8 Å². The number of nitrogens with one attached hydrogen (secondary N) is 1. The first-order valence-electron chi connectivity index (χ1n) is 12.3. The summed E-state index contributed by atoms with van der Waals surface area (Å²) in [6.07, 6.45) is -2.75. The number of benzene rings is 2. The molecule has 1 aliphatic rings. The molecule has 0 radical (unpaired) electrons. The molecule has 0 amide bonds. The van der Waals surface area contributed by atoms with E-state index in [0.29, 0.717) is 23.0 Å². The number of likely N-dealkylation sites (N-methyl/N-ethyl adjacent to an activating group) is 1. The molecular weight excluding hydrogens is 479 g/mol. The van der Waals surface area contributed by atoms with Crippen molar-refractivity contribution in [3.63, 3.8) is 0 Å². The molecule has 0 spiro atoms. The second kappa shape index (κ2) is 11.7. The van der Waals surface area contributed by atoms with Crippen molar-refractivity contribution >= 4 is 11.5 Å². The van der Waals surface area contributed by atoms with Crippen LogP contribution in [0.1, 0.15) is 18.1 Å². The van der Waals surface area contributed by atoms with Crippen LogP contribution in [0.3, 0.4) is 0 Å². The predicted molar refractivity (Wildman–Crippen MR) is 141 cm³/mol. The number of nitrogens with two attached hydrogens (primary N) is 1. The number of halogens is 3. The van der Waals surface area contributed by atoms with E-state index in [9.17, 15) is 13.2 Å². The number of rotatable bonds is 9. The van der Waals surface area contributed by atoms with E-state index in [0.717, 1.165) is 49.9 Å². The maximum absolute atomic E-state index is 13.9. The van der Waals surface area contributed by atoms with Crippen LogP contribution in [0, 0.1) is 0 Å². The van der Waals surface area contributed by atoms with Crippen molar-refractivity contribution in [3.05, 3.63) is 84.2 Å². The number of hydrogen-bond acceptors (Lipinski definition) is 6. The van der Waals surface area contributed by atoms with Crippen LogP contribution < -0.4 is 15.8 Å². The van der Waals surface area contributed by atoms with E-state index >= 15 is 0 Å². The molecule has 1 aliphatic heterocycles. The van der Waals surface area contributed by atoms with Gasteiger partial charge in [0.15, 0.2) is 0 Å². The van der Waals surface area contributed by atoms with Gasteiger partial charge in [0, 0.05) is 55.9 Å². The van der Waals surface area contributed by atoms with Gasteiger partial charge in [0.25, 0.3) is 0 Å². The molecule has 37 heavy (non-hydrogen) atoms. The Balaban J connectivity index is 1.35. The number of pyridine rings is 1. The number of alkyl halides is 3. The minimum absolute atomic E-state index is 0.105. The summed E-state index contributed by atoms with van der Waals surface area (Å²) >= 11 is 0. The zero-order chi connectivity index (χ0) is 26.4.